The Morgan fingerprint density at radius 1 is 1.73 bits per heavy atom. The monoisotopic (exact) mass is 175 g/mol. The number of esters is 1. The summed E-state index contributed by atoms with van der Waals surface area (Å²) in [7, 11) is 0. The Morgan fingerprint density at radius 3 is 2.45 bits per heavy atom. The molecule has 0 aromatic rings. The molecule has 0 saturated carbocycles. The fourth-order valence-electron chi connectivity index (χ4n) is 0.355. The lowest BCUT2D eigenvalue weighted by Gasteiger charge is -2.16. The van der Waals surface area contributed by atoms with E-state index < -0.39 is 16.9 Å². The van der Waals surface area contributed by atoms with Crippen LogP contribution in [-0.4, -0.2) is 16.9 Å². The number of carbonyl (C=O) groups is 1. The predicted octanol–water partition coefficient (Wildman–Crippen LogP) is 1.46. The van der Waals surface area contributed by atoms with E-state index in [1.165, 1.54) is 20.8 Å². The van der Waals surface area contributed by atoms with Gasteiger partial charge in [0.1, 0.15) is 11.4 Å². The first kappa shape index (κ1) is 10.2. The normalized spacial score (nSPS) is 13.4. The Hall–Kier alpha value is -0.750. The number of nitrogens with zero attached hydrogens (tertiary/aromatic N) is 1. The summed E-state index contributed by atoms with van der Waals surface area (Å²) in [4.78, 5) is 10.8. The van der Waals surface area contributed by atoms with Crippen molar-refractivity contribution in [1.82, 2.24) is 0 Å². The number of alkyl halides is 1. The molecule has 0 heterocycles. The summed E-state index contributed by atoms with van der Waals surface area (Å²) >= 11 is 5.41. The molecule has 0 bridgehead atoms. The van der Waals surface area contributed by atoms with Gasteiger partial charge in [-0.05, 0) is 20.8 Å². The molecular weight excluding hydrogens is 166 g/mol. The van der Waals surface area contributed by atoms with Gasteiger partial charge in [0, 0.05) is 0 Å². The van der Waals surface area contributed by atoms with E-state index in [1.54, 1.807) is 0 Å². The zero-order valence-corrected chi connectivity index (χ0v) is 7.47. The van der Waals surface area contributed by atoms with E-state index in [2.05, 4.69) is 0 Å². The van der Waals surface area contributed by atoms with Gasteiger partial charge in [-0.15, -0.1) is 11.6 Å². The lowest BCUT2D eigenvalue weighted by atomic mass is 10.2. The van der Waals surface area contributed by atoms with Gasteiger partial charge in [0.25, 0.3) is 0 Å². The molecule has 0 aliphatic carbocycles. The average molecular weight is 176 g/mol. The smallest absolute Gasteiger partial charge is 0.325 e. The first-order valence-electron chi connectivity index (χ1n) is 3.17. The summed E-state index contributed by atoms with van der Waals surface area (Å²) in [6.45, 7) is 4.51. The summed E-state index contributed by atoms with van der Waals surface area (Å²) in [6.07, 6.45) is 0. The van der Waals surface area contributed by atoms with Gasteiger partial charge in [0.05, 0.1) is 0 Å². The molecule has 0 fully saturated rings. The second kappa shape index (κ2) is 3.59. The lowest BCUT2D eigenvalue weighted by molar-refractivity contribution is -0.151. The Labute approximate surface area is 70.9 Å². The van der Waals surface area contributed by atoms with Crippen LogP contribution in [-0.2, 0) is 9.53 Å². The van der Waals surface area contributed by atoms with E-state index >= 15 is 0 Å². The minimum Gasteiger partial charge on any atom is -0.443 e. The van der Waals surface area contributed by atoms with Crippen molar-refractivity contribution in [3.05, 3.63) is 0 Å². The molecule has 0 aliphatic heterocycles. The van der Waals surface area contributed by atoms with Crippen LogP contribution in [0.1, 0.15) is 20.8 Å². The molecule has 0 aromatic heterocycles. The first-order valence-corrected chi connectivity index (χ1v) is 3.61. The quantitative estimate of drug-likeness (QED) is 0.472. The highest BCUT2D eigenvalue weighted by Gasteiger charge is 2.24. The maximum absolute atomic E-state index is 10.8. The third-order valence-electron chi connectivity index (χ3n) is 0.950. The van der Waals surface area contributed by atoms with Gasteiger partial charge in [-0.2, -0.15) is 5.26 Å². The van der Waals surface area contributed by atoms with E-state index in [0.717, 1.165) is 0 Å². The van der Waals surface area contributed by atoms with Crippen molar-refractivity contribution in [1.29, 1.82) is 5.26 Å². The topological polar surface area (TPSA) is 50.1 Å². The van der Waals surface area contributed by atoms with Gasteiger partial charge in [-0.3, -0.25) is 4.79 Å². The van der Waals surface area contributed by atoms with E-state index in [1.807, 2.05) is 6.07 Å². The SMILES string of the molecule is CC(Cl)C(=O)OC(C)(C)C#N. The van der Waals surface area contributed by atoms with Crippen LogP contribution < -0.4 is 0 Å². The minimum atomic E-state index is -1.08. The molecule has 11 heavy (non-hydrogen) atoms. The average Bonchev–Trinajstić information content (AvgIpc) is 1.87. The predicted molar refractivity (Wildman–Crippen MR) is 41.1 cm³/mol. The number of hydrogen-bond acceptors (Lipinski definition) is 3. The molecule has 0 aromatic carbocycles. The molecule has 0 N–H and O–H groups in total. The van der Waals surface area contributed by atoms with Crippen LogP contribution in [0.5, 0.6) is 0 Å². The molecule has 0 saturated heterocycles. The second-order valence-corrected chi connectivity index (χ2v) is 3.31. The van der Waals surface area contributed by atoms with Gasteiger partial charge in [-0.25, -0.2) is 0 Å². The number of carbonyl (C=O) groups excluding carboxylic acids is 1. The number of nitriles is 1. The minimum absolute atomic E-state index is 0.571. The summed E-state index contributed by atoms with van der Waals surface area (Å²) in [6, 6.07) is 1.83. The summed E-state index contributed by atoms with van der Waals surface area (Å²) in [5, 5.41) is 7.75. The molecule has 0 radical (unpaired) electrons. The van der Waals surface area contributed by atoms with Gasteiger partial charge in [0.15, 0.2) is 5.60 Å². The Balaban J connectivity index is 4.08. The van der Waals surface area contributed by atoms with Crippen molar-refractivity contribution in [2.24, 2.45) is 0 Å². The standard InChI is InChI=1S/C7H10ClNO2/c1-5(8)6(10)11-7(2,3)4-9/h5H,1-3H3. The Kier molecular flexibility index (Phi) is 3.34. The third-order valence-corrected chi connectivity index (χ3v) is 1.13. The molecule has 0 amide bonds. The Bertz CT molecular complexity index is 193. The highest BCUT2D eigenvalue weighted by Crippen LogP contribution is 2.10. The first-order chi connectivity index (χ1) is 4.89. The van der Waals surface area contributed by atoms with Crippen LogP contribution in [0, 0.1) is 11.3 Å². The maximum Gasteiger partial charge on any atom is 0.325 e. The van der Waals surface area contributed by atoms with Crippen LogP contribution in [0.25, 0.3) is 0 Å². The van der Waals surface area contributed by atoms with Crippen molar-refractivity contribution in [3.63, 3.8) is 0 Å². The van der Waals surface area contributed by atoms with Crippen molar-refractivity contribution < 1.29 is 9.53 Å². The van der Waals surface area contributed by atoms with Crippen LogP contribution in [0.15, 0.2) is 0 Å². The van der Waals surface area contributed by atoms with Gasteiger partial charge < -0.3 is 4.74 Å². The van der Waals surface area contributed by atoms with Crippen molar-refractivity contribution in [2.75, 3.05) is 0 Å². The highest BCUT2D eigenvalue weighted by atomic mass is 35.5. The van der Waals surface area contributed by atoms with E-state index in [-0.39, 0.29) is 0 Å². The summed E-state index contributed by atoms with van der Waals surface area (Å²) in [5.74, 6) is -0.571. The number of halogens is 1. The summed E-state index contributed by atoms with van der Waals surface area (Å²) in [5.41, 5.74) is -1.08. The zero-order chi connectivity index (χ0) is 9.07. The van der Waals surface area contributed by atoms with E-state index in [9.17, 15) is 4.79 Å². The molecule has 62 valence electrons. The van der Waals surface area contributed by atoms with Gasteiger partial charge >= 0.3 is 5.97 Å². The van der Waals surface area contributed by atoms with Crippen molar-refractivity contribution in [2.45, 2.75) is 31.7 Å². The Morgan fingerprint density at radius 2 is 2.18 bits per heavy atom. The fraction of sp³-hybridized carbons (Fsp3) is 0.714. The van der Waals surface area contributed by atoms with E-state index in [0.29, 0.717) is 0 Å². The molecule has 4 heteroatoms. The summed E-state index contributed by atoms with van der Waals surface area (Å²) < 4.78 is 4.72. The van der Waals surface area contributed by atoms with Crippen LogP contribution in [0.3, 0.4) is 0 Å². The maximum atomic E-state index is 10.8. The zero-order valence-electron chi connectivity index (χ0n) is 6.72. The second-order valence-electron chi connectivity index (χ2n) is 2.66. The van der Waals surface area contributed by atoms with Gasteiger partial charge in [-0.1, -0.05) is 0 Å². The van der Waals surface area contributed by atoms with Crippen LogP contribution in [0.4, 0.5) is 0 Å². The molecule has 0 spiro atoms. The number of hydrogen-bond donors (Lipinski definition) is 0. The van der Waals surface area contributed by atoms with Crippen molar-refractivity contribution in [3.8, 4) is 6.07 Å². The molecule has 0 aliphatic rings. The third kappa shape index (κ3) is 3.84. The largest absolute Gasteiger partial charge is 0.443 e. The molecule has 1 atom stereocenters. The van der Waals surface area contributed by atoms with Crippen molar-refractivity contribution >= 4 is 17.6 Å². The number of rotatable bonds is 2. The molecule has 0 rings (SSSR count). The number of ether oxygens (including phenoxy) is 1. The van der Waals surface area contributed by atoms with Gasteiger partial charge in [0.2, 0.25) is 0 Å². The van der Waals surface area contributed by atoms with E-state index in [4.69, 9.17) is 21.6 Å². The highest BCUT2D eigenvalue weighted by molar-refractivity contribution is 6.29. The van der Waals surface area contributed by atoms with Crippen LogP contribution in [0.2, 0.25) is 0 Å². The lowest BCUT2D eigenvalue weighted by Crippen LogP contribution is -2.29. The molecular formula is C7H10ClNO2. The fourth-order valence-corrected chi connectivity index (χ4v) is 0.400. The van der Waals surface area contributed by atoms with Crippen LogP contribution >= 0.6 is 11.6 Å². The molecule has 1 unspecified atom stereocenters. The molecule has 3 nitrogen and oxygen atoms in total.